The van der Waals surface area contributed by atoms with Crippen molar-refractivity contribution in [2.45, 2.75) is 135 Å². The van der Waals surface area contributed by atoms with E-state index in [-0.39, 0.29) is 32.0 Å². The first-order valence-corrected chi connectivity index (χ1v) is 14.6. The SMILES string of the molecule is [2H]CC(O)C(O)C1OC(OCC(C)C)(C(=O)O)CC(O)C1C.[2H]CC(O)C(O)C1OC(OCCC(C)C)(C(=O)O)CC(O)C1C. The van der Waals surface area contributed by atoms with Gasteiger partial charge in [-0.05, 0) is 32.1 Å². The molecule has 14 nitrogen and oxygen atoms in total. The highest BCUT2D eigenvalue weighted by atomic mass is 16.7. The second kappa shape index (κ2) is 16.7. The van der Waals surface area contributed by atoms with E-state index in [0.717, 1.165) is 0 Å². The summed E-state index contributed by atoms with van der Waals surface area (Å²) >= 11 is 0. The first-order chi connectivity index (χ1) is 20.8. The van der Waals surface area contributed by atoms with Crippen molar-refractivity contribution in [3.63, 3.8) is 0 Å². The lowest BCUT2D eigenvalue weighted by Crippen LogP contribution is -2.60. The molecule has 0 bridgehead atoms. The van der Waals surface area contributed by atoms with Crippen molar-refractivity contribution in [3.05, 3.63) is 0 Å². The summed E-state index contributed by atoms with van der Waals surface area (Å²) in [5, 5.41) is 78.7. The molecular weight excluding hydrogens is 572 g/mol. The van der Waals surface area contributed by atoms with Crippen LogP contribution in [0.1, 0.15) is 77.3 Å². The second-order valence-corrected chi connectivity index (χ2v) is 12.4. The van der Waals surface area contributed by atoms with Gasteiger partial charge in [-0.3, -0.25) is 0 Å². The van der Waals surface area contributed by atoms with Gasteiger partial charge in [0.05, 0.1) is 49.8 Å². The molecule has 8 N–H and O–H groups in total. The van der Waals surface area contributed by atoms with Crippen LogP contribution in [-0.4, -0.2) is 126 Å². The topological polar surface area (TPSA) is 233 Å². The molecule has 0 amide bonds. The number of rotatable bonds is 13. The van der Waals surface area contributed by atoms with Crippen molar-refractivity contribution >= 4 is 11.9 Å². The lowest BCUT2D eigenvalue weighted by Gasteiger charge is -2.45. The van der Waals surface area contributed by atoms with Crippen LogP contribution in [0, 0.1) is 23.7 Å². The molecule has 2 rings (SSSR count). The van der Waals surface area contributed by atoms with Gasteiger partial charge >= 0.3 is 11.9 Å². The number of carbonyl (C=O) groups is 2. The van der Waals surface area contributed by atoms with Crippen LogP contribution in [0.5, 0.6) is 0 Å². The van der Waals surface area contributed by atoms with Gasteiger partial charge in [0.2, 0.25) is 0 Å². The zero-order valence-electron chi connectivity index (χ0n) is 27.9. The van der Waals surface area contributed by atoms with Gasteiger partial charge in [-0.15, -0.1) is 0 Å². The fourth-order valence-corrected chi connectivity index (χ4v) is 4.66. The number of carboxylic acids is 2. The summed E-state index contributed by atoms with van der Waals surface area (Å²) in [5.41, 5.74) is 0. The fraction of sp³-hybridized carbons (Fsp3) is 0.931. The Morgan fingerprint density at radius 1 is 0.791 bits per heavy atom. The van der Waals surface area contributed by atoms with Crippen LogP contribution in [-0.2, 0) is 28.5 Å². The maximum Gasteiger partial charge on any atom is 0.364 e. The second-order valence-electron chi connectivity index (χ2n) is 12.4. The number of carboxylic acid groups (broad SMARTS) is 2. The monoisotopic (exact) mass is 628 g/mol. The molecule has 0 aromatic heterocycles. The Balaban J connectivity index is 0.000000450. The van der Waals surface area contributed by atoms with E-state index in [1.165, 1.54) is 0 Å². The van der Waals surface area contributed by atoms with E-state index in [1.807, 2.05) is 27.7 Å². The molecule has 12 atom stereocenters. The van der Waals surface area contributed by atoms with E-state index < -0.39 is 98.0 Å². The minimum absolute atomic E-state index is 0.0542. The zero-order chi connectivity index (χ0) is 34.9. The van der Waals surface area contributed by atoms with Gasteiger partial charge in [0, 0.05) is 27.4 Å². The van der Waals surface area contributed by atoms with Gasteiger partial charge < -0.3 is 59.8 Å². The molecule has 2 aliphatic heterocycles. The number of aliphatic hydroxyl groups is 6. The fourth-order valence-electron chi connectivity index (χ4n) is 4.66. The van der Waals surface area contributed by atoms with Gasteiger partial charge in [-0.25, -0.2) is 9.59 Å². The quantitative estimate of drug-likeness (QED) is 0.137. The Hall–Kier alpha value is -1.46. The van der Waals surface area contributed by atoms with E-state index in [1.54, 1.807) is 13.8 Å². The van der Waals surface area contributed by atoms with Crippen LogP contribution >= 0.6 is 0 Å². The van der Waals surface area contributed by atoms with Crippen LogP contribution in [0.3, 0.4) is 0 Å². The van der Waals surface area contributed by atoms with Crippen molar-refractivity contribution in [2.24, 2.45) is 23.7 Å². The van der Waals surface area contributed by atoms with Crippen molar-refractivity contribution in [2.75, 3.05) is 13.2 Å². The van der Waals surface area contributed by atoms with Gasteiger partial charge in [0.15, 0.2) is 0 Å². The molecule has 0 aromatic rings. The summed E-state index contributed by atoms with van der Waals surface area (Å²) in [7, 11) is 0. The molecule has 0 aromatic carbocycles. The van der Waals surface area contributed by atoms with Gasteiger partial charge in [0.25, 0.3) is 11.6 Å². The summed E-state index contributed by atoms with van der Waals surface area (Å²) < 4.78 is 36.1. The summed E-state index contributed by atoms with van der Waals surface area (Å²) in [4.78, 5) is 23.3. The molecule has 0 aliphatic carbocycles. The Labute approximate surface area is 256 Å². The summed E-state index contributed by atoms with van der Waals surface area (Å²) in [6.07, 6.45) is -10.1. The maximum atomic E-state index is 11.7. The predicted molar refractivity (Wildman–Crippen MR) is 152 cm³/mol. The molecule has 0 saturated carbocycles. The Morgan fingerprint density at radius 2 is 1.19 bits per heavy atom. The lowest BCUT2D eigenvalue weighted by molar-refractivity contribution is -0.318. The minimum atomic E-state index is -2.07. The number of aliphatic hydroxyl groups excluding tert-OH is 6. The molecule has 43 heavy (non-hydrogen) atoms. The van der Waals surface area contributed by atoms with Crippen LogP contribution in [0.25, 0.3) is 0 Å². The highest BCUT2D eigenvalue weighted by molar-refractivity contribution is 5.76. The Kier molecular flexibility index (Phi) is 14.0. The van der Waals surface area contributed by atoms with E-state index in [0.29, 0.717) is 12.3 Å². The highest BCUT2D eigenvalue weighted by Crippen LogP contribution is 2.38. The molecular formula is C29H54O14. The normalized spacial score (nSPS) is 36.5. The largest absolute Gasteiger partial charge is 0.477 e. The average molecular weight is 629 g/mol. The first kappa shape index (κ1) is 36.0. The van der Waals surface area contributed by atoms with Crippen molar-refractivity contribution < 1.29 is 72.1 Å². The molecule has 12 unspecified atom stereocenters. The molecule has 14 heteroatoms. The van der Waals surface area contributed by atoms with Crippen LogP contribution in [0.2, 0.25) is 0 Å². The smallest absolute Gasteiger partial charge is 0.364 e. The molecule has 2 heterocycles. The third-order valence-corrected chi connectivity index (χ3v) is 7.65. The summed E-state index contributed by atoms with van der Waals surface area (Å²) in [6, 6.07) is 0. The number of aliphatic carboxylic acids is 2. The Morgan fingerprint density at radius 3 is 1.51 bits per heavy atom. The third-order valence-electron chi connectivity index (χ3n) is 7.65. The van der Waals surface area contributed by atoms with Crippen molar-refractivity contribution in [1.82, 2.24) is 0 Å². The van der Waals surface area contributed by atoms with Gasteiger partial charge in [-0.1, -0.05) is 41.5 Å². The van der Waals surface area contributed by atoms with E-state index in [2.05, 4.69) is 0 Å². The maximum absolute atomic E-state index is 11.7. The summed E-state index contributed by atoms with van der Waals surface area (Å²) in [6.45, 7) is 10.1. The molecule has 2 fully saturated rings. The van der Waals surface area contributed by atoms with Crippen molar-refractivity contribution in [3.8, 4) is 0 Å². The van der Waals surface area contributed by atoms with Gasteiger partial charge in [0.1, 0.15) is 12.2 Å². The Bertz CT molecular complexity index is 912. The van der Waals surface area contributed by atoms with Crippen LogP contribution in [0.4, 0.5) is 0 Å². The van der Waals surface area contributed by atoms with E-state index in [9.17, 15) is 50.4 Å². The van der Waals surface area contributed by atoms with E-state index >= 15 is 0 Å². The van der Waals surface area contributed by atoms with Crippen molar-refractivity contribution in [1.29, 1.82) is 0 Å². The number of hydrogen-bond acceptors (Lipinski definition) is 12. The molecule has 0 radical (unpaired) electrons. The standard InChI is InChI=1S/C15H28O7.C14H26O7/c1-8(2)5-6-21-15(14(19)20)7-11(17)9(3)13(22-15)12(18)10(4)16;1-7(2)6-20-14(13(18)19)5-10(16)8(3)12(21-14)11(17)9(4)15/h8-13,16-18H,5-7H2,1-4H3,(H,19,20);7-12,15-17H,5-6H2,1-4H3,(H,18,19)/i2*4D. The highest BCUT2D eigenvalue weighted by Gasteiger charge is 2.55. The predicted octanol–water partition coefficient (Wildman–Crippen LogP) is 0.325. The molecule has 0 spiro atoms. The minimum Gasteiger partial charge on any atom is -0.477 e. The van der Waals surface area contributed by atoms with E-state index in [4.69, 9.17) is 21.7 Å². The number of ether oxygens (including phenoxy) is 4. The summed E-state index contributed by atoms with van der Waals surface area (Å²) in [5.74, 6) is -7.75. The molecule has 254 valence electrons. The third kappa shape index (κ3) is 10.6. The van der Waals surface area contributed by atoms with Crippen LogP contribution < -0.4 is 0 Å². The number of hydrogen-bond donors (Lipinski definition) is 8. The van der Waals surface area contributed by atoms with Gasteiger partial charge in [-0.2, -0.15) is 0 Å². The van der Waals surface area contributed by atoms with Crippen LogP contribution in [0.15, 0.2) is 0 Å². The average Bonchev–Trinajstić information content (AvgIpc) is 2.97. The zero-order valence-corrected chi connectivity index (χ0v) is 25.9. The first-order valence-electron chi connectivity index (χ1n) is 16.0. The lowest BCUT2D eigenvalue weighted by atomic mass is 9.85. The molecule has 2 aliphatic rings. The molecule has 2 saturated heterocycles.